The van der Waals surface area contributed by atoms with E-state index in [1.54, 1.807) is 29.5 Å². The van der Waals surface area contributed by atoms with Gasteiger partial charge in [-0.05, 0) is 40.5 Å². The first-order valence-electron chi connectivity index (χ1n) is 8.92. The van der Waals surface area contributed by atoms with E-state index in [1.165, 1.54) is 6.07 Å². The third-order valence-electron chi connectivity index (χ3n) is 5.56. The van der Waals surface area contributed by atoms with Crippen molar-refractivity contribution in [2.24, 2.45) is 0 Å². The van der Waals surface area contributed by atoms with Crippen molar-refractivity contribution in [3.63, 3.8) is 0 Å². The van der Waals surface area contributed by atoms with E-state index < -0.39 is 5.41 Å². The van der Waals surface area contributed by atoms with Crippen molar-refractivity contribution in [2.45, 2.75) is 19.3 Å². The SMILES string of the molecule is CC1(C)c2cc([N+](=O)[O-])ccc2-c2cc([O-])c(-c3[nH+]c4ccccc4s3)cc21.[Be+2]. The number of H-pyrrole nitrogens is 1. The first kappa shape index (κ1) is 19.2. The van der Waals surface area contributed by atoms with E-state index in [-0.39, 0.29) is 26.5 Å². The van der Waals surface area contributed by atoms with Crippen LogP contribution in [-0.2, 0) is 5.41 Å². The Balaban J connectivity index is 0.00000205. The molecular weight excluding hydrogens is 381 g/mol. The molecular formula is C22H16BeN2O3S+2. The van der Waals surface area contributed by atoms with Gasteiger partial charge in [0.2, 0.25) is 5.52 Å². The van der Waals surface area contributed by atoms with E-state index in [4.69, 9.17) is 0 Å². The Kier molecular flexibility index (Phi) is 4.30. The molecule has 1 aromatic heterocycles. The summed E-state index contributed by atoms with van der Waals surface area (Å²) in [6.07, 6.45) is 0. The Morgan fingerprint density at radius 2 is 1.69 bits per heavy atom. The van der Waals surface area contributed by atoms with Crippen LogP contribution < -0.4 is 10.1 Å². The van der Waals surface area contributed by atoms with Crippen molar-refractivity contribution in [3.8, 4) is 27.4 Å². The minimum atomic E-state index is -0.421. The molecule has 5 rings (SSSR count). The molecule has 29 heavy (non-hydrogen) atoms. The molecule has 1 heterocycles. The fourth-order valence-corrected chi connectivity index (χ4v) is 5.11. The summed E-state index contributed by atoms with van der Waals surface area (Å²) >= 11 is 1.56. The van der Waals surface area contributed by atoms with Crippen LogP contribution in [0.5, 0.6) is 5.75 Å². The first-order valence-corrected chi connectivity index (χ1v) is 9.74. The number of aromatic amines is 1. The molecule has 0 atom stereocenters. The van der Waals surface area contributed by atoms with Gasteiger partial charge in [-0.2, -0.15) is 4.98 Å². The van der Waals surface area contributed by atoms with Crippen LogP contribution >= 0.6 is 11.3 Å². The van der Waals surface area contributed by atoms with Gasteiger partial charge in [0.15, 0.2) is 0 Å². The van der Waals surface area contributed by atoms with E-state index in [2.05, 4.69) is 4.98 Å². The van der Waals surface area contributed by atoms with Crippen LogP contribution in [0.4, 0.5) is 5.69 Å². The summed E-state index contributed by atoms with van der Waals surface area (Å²) < 4.78 is 1.09. The molecule has 0 bridgehead atoms. The van der Waals surface area contributed by atoms with Gasteiger partial charge >= 0.3 is 10.1 Å². The van der Waals surface area contributed by atoms with E-state index in [9.17, 15) is 15.2 Å². The topological polar surface area (TPSA) is 80.3 Å². The summed E-state index contributed by atoms with van der Waals surface area (Å²) in [7, 11) is 0. The predicted molar refractivity (Wildman–Crippen MR) is 113 cm³/mol. The molecule has 1 aliphatic rings. The number of nitro benzene ring substituents is 1. The van der Waals surface area contributed by atoms with Crippen LogP contribution in [0, 0.1) is 10.1 Å². The van der Waals surface area contributed by atoms with Gasteiger partial charge in [-0.25, -0.2) is 0 Å². The second kappa shape index (κ2) is 6.48. The number of thiazole rings is 1. The van der Waals surface area contributed by atoms with E-state index in [1.807, 2.05) is 44.2 Å². The Hall–Kier alpha value is -3.08. The number of benzene rings is 3. The standard InChI is InChI=1S/C22H16N2O3S.Be/c1-22(2)16-9-12(24(26)27)7-8-13(16)14-11-19(25)15(10-17(14)22)21-23-18-5-3-4-6-20(18)28-21;/h3-11,25H,1-2H3;/q;+2. The second-order valence-corrected chi connectivity index (χ2v) is 8.61. The van der Waals surface area contributed by atoms with Gasteiger partial charge in [0.1, 0.15) is 4.70 Å². The minimum Gasteiger partial charge on any atom is -0.872 e. The molecule has 0 amide bonds. The zero-order valence-corrected chi connectivity index (χ0v) is 16.8. The Bertz CT molecular complexity index is 1260. The maximum atomic E-state index is 12.9. The molecule has 0 fully saturated rings. The number of nitrogens with one attached hydrogen (secondary N) is 1. The number of rotatable bonds is 2. The second-order valence-electron chi connectivity index (χ2n) is 7.56. The smallest absolute Gasteiger partial charge is 0.872 e. The molecule has 0 aliphatic heterocycles. The van der Waals surface area contributed by atoms with E-state index in [0.29, 0.717) is 5.56 Å². The molecule has 1 N–H and O–H groups in total. The third kappa shape index (κ3) is 2.76. The molecule has 0 spiro atoms. The van der Waals surface area contributed by atoms with Crippen molar-refractivity contribution in [3.05, 3.63) is 75.8 Å². The van der Waals surface area contributed by atoms with E-state index >= 15 is 0 Å². The number of aromatic nitrogens is 1. The average molecular weight is 397 g/mol. The maximum Gasteiger partial charge on any atom is 2.00 e. The van der Waals surface area contributed by atoms with Crippen molar-refractivity contribution in [1.82, 2.24) is 0 Å². The van der Waals surface area contributed by atoms with Crippen molar-refractivity contribution < 1.29 is 15.0 Å². The largest absolute Gasteiger partial charge is 2.00 e. The van der Waals surface area contributed by atoms with Crippen LogP contribution in [0.1, 0.15) is 25.0 Å². The van der Waals surface area contributed by atoms with Gasteiger partial charge in [-0.1, -0.05) is 49.1 Å². The number of hydrogen-bond donors (Lipinski definition) is 0. The van der Waals surface area contributed by atoms with Gasteiger partial charge in [0, 0.05) is 23.6 Å². The van der Waals surface area contributed by atoms with Crippen molar-refractivity contribution in [1.29, 1.82) is 0 Å². The van der Waals surface area contributed by atoms with Gasteiger partial charge < -0.3 is 5.11 Å². The fourth-order valence-electron chi connectivity index (χ4n) is 4.08. The number of fused-ring (bicyclic) bond motifs is 4. The summed E-state index contributed by atoms with van der Waals surface area (Å²) in [5.41, 5.74) is 4.95. The maximum absolute atomic E-state index is 12.9. The number of nitro groups is 1. The fraction of sp³-hybridized carbons (Fsp3) is 0.136. The molecule has 0 saturated heterocycles. The average Bonchev–Trinajstić information content (AvgIpc) is 3.18. The molecule has 3 aromatic carbocycles. The van der Waals surface area contributed by atoms with E-state index in [0.717, 1.165) is 37.5 Å². The summed E-state index contributed by atoms with van der Waals surface area (Å²) in [5, 5.41) is 25.0. The summed E-state index contributed by atoms with van der Waals surface area (Å²) in [6, 6.07) is 16.5. The molecule has 138 valence electrons. The monoisotopic (exact) mass is 397 g/mol. The predicted octanol–water partition coefficient (Wildman–Crippen LogP) is 4.29. The van der Waals surface area contributed by atoms with Crippen LogP contribution in [0.15, 0.2) is 54.6 Å². The zero-order valence-electron chi connectivity index (χ0n) is 16.0. The van der Waals surface area contributed by atoms with Gasteiger partial charge in [-0.3, -0.25) is 10.1 Å². The Morgan fingerprint density at radius 1 is 0.966 bits per heavy atom. The normalized spacial score (nSPS) is 13.6. The van der Waals surface area contributed by atoms with Crippen LogP contribution in [0.25, 0.3) is 31.9 Å². The Labute approximate surface area is 175 Å². The summed E-state index contributed by atoms with van der Waals surface area (Å²) in [5.74, 6) is -0.0523. The van der Waals surface area contributed by atoms with Crippen molar-refractivity contribution >= 4 is 37.4 Å². The first-order chi connectivity index (χ1) is 13.4. The van der Waals surface area contributed by atoms with Crippen LogP contribution in [0.3, 0.4) is 0 Å². The number of non-ortho nitro benzene ring substituents is 1. The molecule has 1 aliphatic carbocycles. The minimum absolute atomic E-state index is 0. The molecule has 4 aromatic rings. The summed E-state index contributed by atoms with van der Waals surface area (Å²) in [4.78, 5) is 14.2. The van der Waals surface area contributed by atoms with Gasteiger partial charge in [0.05, 0.1) is 10.5 Å². The van der Waals surface area contributed by atoms with Crippen LogP contribution in [-0.4, -0.2) is 15.0 Å². The molecule has 5 nitrogen and oxygen atoms in total. The summed E-state index contributed by atoms with van der Waals surface area (Å²) in [6.45, 7) is 4.09. The number of hydrogen-bond acceptors (Lipinski definition) is 4. The molecule has 0 unspecified atom stereocenters. The quantitative estimate of drug-likeness (QED) is 0.287. The van der Waals surface area contributed by atoms with Crippen molar-refractivity contribution in [2.75, 3.05) is 0 Å². The zero-order chi connectivity index (χ0) is 19.6. The molecule has 7 heteroatoms. The van der Waals surface area contributed by atoms with Gasteiger partial charge in [-0.15, -0.1) is 0 Å². The number of nitrogens with zero attached hydrogens (tertiary/aromatic N) is 1. The van der Waals surface area contributed by atoms with Crippen LogP contribution in [0.2, 0.25) is 0 Å². The Morgan fingerprint density at radius 3 is 2.41 bits per heavy atom. The third-order valence-corrected chi connectivity index (χ3v) is 6.66. The molecule has 0 saturated carbocycles. The number of para-hydroxylation sites is 1. The molecule has 0 radical (unpaired) electrons. The van der Waals surface area contributed by atoms with Gasteiger partial charge in [0.25, 0.3) is 10.7 Å².